The first-order valence-electron chi connectivity index (χ1n) is 10.0. The Morgan fingerprint density at radius 2 is 1.79 bits per heavy atom. The minimum atomic E-state index is -0.127. The third-order valence-corrected chi connectivity index (χ3v) is 5.55. The highest BCUT2D eigenvalue weighted by Crippen LogP contribution is 2.23. The van der Waals surface area contributed by atoms with Crippen molar-refractivity contribution in [2.75, 3.05) is 50.3 Å². The number of likely N-dealkylation sites (N-methyl/N-ethyl adjacent to an activating group) is 1. The van der Waals surface area contributed by atoms with Crippen molar-refractivity contribution in [2.45, 2.75) is 13.3 Å². The summed E-state index contributed by atoms with van der Waals surface area (Å²) in [6.45, 7) is 8.11. The zero-order valence-electron chi connectivity index (χ0n) is 16.6. The molecule has 4 rings (SSSR count). The van der Waals surface area contributed by atoms with E-state index >= 15 is 0 Å². The highest BCUT2D eigenvalue weighted by molar-refractivity contribution is 5.96. The molecule has 2 aromatic carbocycles. The maximum atomic E-state index is 12.7. The van der Waals surface area contributed by atoms with Gasteiger partial charge in [0, 0.05) is 56.6 Å². The Bertz CT molecular complexity index is 1100. The molecule has 0 saturated carbocycles. The molecule has 2 heterocycles. The number of hydrogen-bond acceptors (Lipinski definition) is 6. The van der Waals surface area contributed by atoms with Gasteiger partial charge in [0.15, 0.2) is 0 Å². The molecule has 0 unspecified atom stereocenters. The number of nitrogens with two attached hydrogens (primary N) is 1. The van der Waals surface area contributed by atoms with Crippen LogP contribution in [0.4, 0.5) is 11.4 Å². The van der Waals surface area contributed by atoms with E-state index in [1.165, 1.54) is 0 Å². The van der Waals surface area contributed by atoms with Crippen molar-refractivity contribution in [2.24, 2.45) is 0 Å². The minimum Gasteiger partial charge on any atom is -0.456 e. The lowest BCUT2D eigenvalue weighted by Gasteiger charge is -2.33. The van der Waals surface area contributed by atoms with Crippen LogP contribution in [0.3, 0.4) is 0 Å². The number of carbonyl (C=O) groups excluding carboxylic acids is 1. The van der Waals surface area contributed by atoms with Gasteiger partial charge in [-0.15, -0.1) is 0 Å². The van der Waals surface area contributed by atoms with Crippen LogP contribution >= 0.6 is 0 Å². The first-order valence-corrected chi connectivity index (χ1v) is 10.0. The van der Waals surface area contributed by atoms with Crippen molar-refractivity contribution in [1.29, 1.82) is 0 Å². The van der Waals surface area contributed by atoms with Gasteiger partial charge in [-0.1, -0.05) is 6.92 Å². The average molecular weight is 394 g/mol. The number of fused-ring (bicyclic) bond motifs is 2. The molecule has 1 aliphatic heterocycles. The van der Waals surface area contributed by atoms with Crippen LogP contribution in [0.15, 0.2) is 45.6 Å². The standard InChI is InChI=1S/C22H26N4O3/c1-2-25-9-11-26(12-10-25)8-7-21(27)24-16-4-5-17-20(14-16)29-19-6-3-15(23)13-18(19)22(17)28/h3-6,13-14H,2,7-12,23H2,1H3,(H,24,27). The van der Waals surface area contributed by atoms with Crippen LogP contribution in [0.1, 0.15) is 13.3 Å². The van der Waals surface area contributed by atoms with Gasteiger partial charge in [-0.2, -0.15) is 0 Å². The van der Waals surface area contributed by atoms with Gasteiger partial charge in [0.1, 0.15) is 11.2 Å². The summed E-state index contributed by atoms with van der Waals surface area (Å²) in [7, 11) is 0. The van der Waals surface area contributed by atoms with E-state index in [0.29, 0.717) is 39.7 Å². The van der Waals surface area contributed by atoms with Gasteiger partial charge in [-0.05, 0) is 36.9 Å². The van der Waals surface area contributed by atoms with Crippen molar-refractivity contribution < 1.29 is 9.21 Å². The van der Waals surface area contributed by atoms with Crippen LogP contribution in [0.25, 0.3) is 21.9 Å². The summed E-state index contributed by atoms with van der Waals surface area (Å²) < 4.78 is 5.86. The fourth-order valence-electron chi connectivity index (χ4n) is 3.76. The van der Waals surface area contributed by atoms with Gasteiger partial charge in [0.05, 0.1) is 10.8 Å². The molecule has 7 nitrogen and oxygen atoms in total. The summed E-state index contributed by atoms with van der Waals surface area (Å²) in [6, 6.07) is 10.1. The molecule has 0 bridgehead atoms. The Balaban J connectivity index is 1.44. The second kappa shape index (κ2) is 8.23. The molecule has 7 heteroatoms. The predicted octanol–water partition coefficient (Wildman–Crippen LogP) is 2.49. The van der Waals surface area contributed by atoms with Gasteiger partial charge in [0.25, 0.3) is 0 Å². The van der Waals surface area contributed by atoms with Gasteiger partial charge in [0.2, 0.25) is 11.3 Å². The SMILES string of the molecule is CCN1CCN(CCC(=O)Nc2ccc3c(=O)c4cc(N)ccc4oc3c2)CC1. The van der Waals surface area contributed by atoms with Crippen LogP contribution in [0.2, 0.25) is 0 Å². The molecule has 0 atom stereocenters. The van der Waals surface area contributed by atoms with E-state index in [4.69, 9.17) is 10.2 Å². The number of nitrogens with one attached hydrogen (secondary N) is 1. The largest absolute Gasteiger partial charge is 0.456 e. The molecule has 1 fully saturated rings. The monoisotopic (exact) mass is 394 g/mol. The number of benzene rings is 2. The highest BCUT2D eigenvalue weighted by atomic mass is 16.3. The van der Waals surface area contributed by atoms with E-state index in [1.807, 2.05) is 0 Å². The fraction of sp³-hybridized carbons (Fsp3) is 0.364. The fourth-order valence-corrected chi connectivity index (χ4v) is 3.76. The Hall–Kier alpha value is -2.90. The number of piperazine rings is 1. The van der Waals surface area contributed by atoms with Crippen molar-refractivity contribution in [3.63, 3.8) is 0 Å². The molecule has 0 aliphatic carbocycles. The Kier molecular flexibility index (Phi) is 5.51. The summed E-state index contributed by atoms with van der Waals surface area (Å²) >= 11 is 0. The van der Waals surface area contributed by atoms with E-state index in [9.17, 15) is 9.59 Å². The molecular weight excluding hydrogens is 368 g/mol. The molecule has 0 radical (unpaired) electrons. The lowest BCUT2D eigenvalue weighted by molar-refractivity contribution is -0.116. The molecule has 1 amide bonds. The first-order chi connectivity index (χ1) is 14.0. The van der Waals surface area contributed by atoms with Crippen LogP contribution in [-0.2, 0) is 4.79 Å². The topological polar surface area (TPSA) is 91.8 Å². The Labute approximate surface area is 169 Å². The number of nitrogens with zero attached hydrogens (tertiary/aromatic N) is 2. The van der Waals surface area contributed by atoms with E-state index in [1.54, 1.807) is 36.4 Å². The summed E-state index contributed by atoms with van der Waals surface area (Å²) in [5, 5.41) is 3.84. The van der Waals surface area contributed by atoms with E-state index < -0.39 is 0 Å². The number of nitrogen functional groups attached to an aromatic ring is 1. The molecule has 29 heavy (non-hydrogen) atoms. The molecule has 0 spiro atoms. The molecular formula is C22H26N4O3. The number of carbonyl (C=O) groups is 1. The van der Waals surface area contributed by atoms with E-state index in [2.05, 4.69) is 22.0 Å². The molecule has 1 aromatic heterocycles. The number of anilines is 2. The van der Waals surface area contributed by atoms with Crippen molar-refractivity contribution in [3.8, 4) is 0 Å². The summed E-state index contributed by atoms with van der Waals surface area (Å²) in [5.74, 6) is -0.0434. The zero-order chi connectivity index (χ0) is 20.4. The number of amides is 1. The lowest BCUT2D eigenvalue weighted by Crippen LogP contribution is -2.46. The Morgan fingerprint density at radius 1 is 1.03 bits per heavy atom. The smallest absolute Gasteiger partial charge is 0.225 e. The molecule has 3 aromatic rings. The second-order valence-corrected chi connectivity index (χ2v) is 7.47. The molecule has 1 aliphatic rings. The minimum absolute atomic E-state index is 0.0434. The zero-order valence-corrected chi connectivity index (χ0v) is 16.6. The quantitative estimate of drug-likeness (QED) is 0.510. The van der Waals surface area contributed by atoms with Crippen molar-refractivity contribution in [3.05, 3.63) is 46.6 Å². The van der Waals surface area contributed by atoms with E-state index in [-0.39, 0.29) is 11.3 Å². The summed E-state index contributed by atoms with van der Waals surface area (Å²) in [6.07, 6.45) is 0.436. The molecule has 1 saturated heterocycles. The van der Waals surface area contributed by atoms with E-state index in [0.717, 1.165) is 39.3 Å². The van der Waals surface area contributed by atoms with Crippen molar-refractivity contribution in [1.82, 2.24) is 9.80 Å². The highest BCUT2D eigenvalue weighted by Gasteiger charge is 2.16. The van der Waals surface area contributed by atoms with Gasteiger partial charge < -0.3 is 25.3 Å². The van der Waals surface area contributed by atoms with Gasteiger partial charge in [-0.25, -0.2) is 0 Å². The number of hydrogen-bond donors (Lipinski definition) is 2. The lowest BCUT2D eigenvalue weighted by atomic mass is 10.1. The maximum Gasteiger partial charge on any atom is 0.225 e. The Morgan fingerprint density at radius 3 is 2.55 bits per heavy atom. The third-order valence-electron chi connectivity index (χ3n) is 5.55. The van der Waals surface area contributed by atoms with Crippen LogP contribution in [0, 0.1) is 0 Å². The van der Waals surface area contributed by atoms with Crippen LogP contribution in [-0.4, -0.2) is 55.0 Å². The van der Waals surface area contributed by atoms with Gasteiger partial charge >= 0.3 is 0 Å². The first kappa shape index (κ1) is 19.4. The predicted molar refractivity (Wildman–Crippen MR) is 116 cm³/mol. The van der Waals surface area contributed by atoms with Crippen LogP contribution < -0.4 is 16.5 Å². The van der Waals surface area contributed by atoms with Crippen LogP contribution in [0.5, 0.6) is 0 Å². The van der Waals surface area contributed by atoms with Crippen molar-refractivity contribution >= 4 is 39.2 Å². The third kappa shape index (κ3) is 4.26. The summed E-state index contributed by atoms with van der Waals surface area (Å²) in [5.41, 5.74) is 7.71. The maximum absolute atomic E-state index is 12.7. The summed E-state index contributed by atoms with van der Waals surface area (Å²) in [4.78, 5) is 29.8. The normalized spacial score (nSPS) is 15.8. The second-order valence-electron chi connectivity index (χ2n) is 7.47. The van der Waals surface area contributed by atoms with Gasteiger partial charge in [-0.3, -0.25) is 9.59 Å². The molecule has 152 valence electrons. The number of rotatable bonds is 5. The molecule has 3 N–H and O–H groups in total. The average Bonchev–Trinajstić information content (AvgIpc) is 2.73.